The monoisotopic (exact) mass is 323 g/mol. The summed E-state index contributed by atoms with van der Waals surface area (Å²) in [5.41, 5.74) is 0.174. The van der Waals surface area contributed by atoms with Gasteiger partial charge in [0.1, 0.15) is 5.75 Å². The average Bonchev–Trinajstić information content (AvgIpc) is 2.16. The standard InChI is InChI=1S/C9H10INO4/c1-5(12)6-3-9(15-2)7(10)4-8(6)11(13)14/h3-5,12H,1-2H3. The second-order valence-corrected chi connectivity index (χ2v) is 4.14. The third-order valence-corrected chi connectivity index (χ3v) is 2.79. The highest BCUT2D eigenvalue weighted by Crippen LogP contribution is 2.33. The number of nitro groups is 1. The van der Waals surface area contributed by atoms with E-state index in [0.29, 0.717) is 9.32 Å². The van der Waals surface area contributed by atoms with Crippen molar-refractivity contribution in [2.24, 2.45) is 0 Å². The molecule has 0 spiro atoms. The molecule has 1 aromatic carbocycles. The van der Waals surface area contributed by atoms with Gasteiger partial charge in [0, 0.05) is 6.07 Å². The lowest BCUT2D eigenvalue weighted by Crippen LogP contribution is -2.01. The molecule has 0 fully saturated rings. The van der Waals surface area contributed by atoms with Crippen LogP contribution < -0.4 is 4.74 Å². The molecule has 0 radical (unpaired) electrons. The SMILES string of the molecule is COc1cc(C(C)O)c([N+](=O)[O-])cc1I. The van der Waals surface area contributed by atoms with E-state index in [9.17, 15) is 15.2 Å². The highest BCUT2D eigenvalue weighted by molar-refractivity contribution is 14.1. The van der Waals surface area contributed by atoms with Crippen molar-refractivity contribution in [2.45, 2.75) is 13.0 Å². The summed E-state index contributed by atoms with van der Waals surface area (Å²) in [4.78, 5) is 10.2. The van der Waals surface area contributed by atoms with Gasteiger partial charge < -0.3 is 9.84 Å². The van der Waals surface area contributed by atoms with Crippen molar-refractivity contribution in [3.63, 3.8) is 0 Å². The van der Waals surface area contributed by atoms with E-state index in [1.54, 1.807) is 0 Å². The summed E-state index contributed by atoms with van der Waals surface area (Å²) in [6.07, 6.45) is -0.892. The second-order valence-electron chi connectivity index (χ2n) is 2.98. The largest absolute Gasteiger partial charge is 0.496 e. The number of aliphatic hydroxyl groups excluding tert-OH is 1. The minimum atomic E-state index is -0.892. The quantitative estimate of drug-likeness (QED) is 0.526. The molecule has 0 amide bonds. The Labute approximate surface area is 100 Å². The third kappa shape index (κ3) is 2.57. The van der Waals surface area contributed by atoms with Gasteiger partial charge in [-0.15, -0.1) is 0 Å². The molecule has 82 valence electrons. The van der Waals surface area contributed by atoms with Crippen LogP contribution in [0.2, 0.25) is 0 Å². The minimum Gasteiger partial charge on any atom is -0.496 e. The number of benzene rings is 1. The fraction of sp³-hybridized carbons (Fsp3) is 0.333. The molecule has 1 rings (SSSR count). The molecule has 0 saturated heterocycles. The van der Waals surface area contributed by atoms with Gasteiger partial charge in [-0.1, -0.05) is 0 Å². The first-order valence-corrected chi connectivity index (χ1v) is 5.25. The van der Waals surface area contributed by atoms with Crippen molar-refractivity contribution in [3.05, 3.63) is 31.4 Å². The van der Waals surface area contributed by atoms with Crippen molar-refractivity contribution in [1.29, 1.82) is 0 Å². The van der Waals surface area contributed by atoms with E-state index in [2.05, 4.69) is 0 Å². The van der Waals surface area contributed by atoms with Crippen molar-refractivity contribution >= 4 is 28.3 Å². The molecule has 0 heterocycles. The average molecular weight is 323 g/mol. The van der Waals surface area contributed by atoms with Crippen LogP contribution in [0.5, 0.6) is 5.75 Å². The second kappa shape index (κ2) is 4.75. The lowest BCUT2D eigenvalue weighted by Gasteiger charge is -2.09. The summed E-state index contributed by atoms with van der Waals surface area (Å²) in [6, 6.07) is 2.88. The van der Waals surface area contributed by atoms with Crippen LogP contribution in [-0.2, 0) is 0 Å². The lowest BCUT2D eigenvalue weighted by molar-refractivity contribution is -0.386. The van der Waals surface area contributed by atoms with E-state index in [0.717, 1.165) is 0 Å². The summed E-state index contributed by atoms with van der Waals surface area (Å²) in [5, 5.41) is 20.1. The number of aliphatic hydroxyl groups is 1. The zero-order chi connectivity index (χ0) is 11.6. The summed E-state index contributed by atoms with van der Waals surface area (Å²) < 4.78 is 5.67. The van der Waals surface area contributed by atoms with Crippen molar-refractivity contribution in [1.82, 2.24) is 0 Å². The number of ether oxygens (including phenoxy) is 1. The van der Waals surface area contributed by atoms with Crippen molar-refractivity contribution < 1.29 is 14.8 Å². The molecule has 5 nitrogen and oxygen atoms in total. The Morgan fingerprint density at radius 3 is 2.60 bits per heavy atom. The number of halogens is 1. The van der Waals surface area contributed by atoms with Crippen LogP contribution in [0, 0.1) is 13.7 Å². The topological polar surface area (TPSA) is 72.6 Å². The highest BCUT2D eigenvalue weighted by atomic mass is 127. The van der Waals surface area contributed by atoms with Gasteiger partial charge in [0.25, 0.3) is 5.69 Å². The molecular weight excluding hydrogens is 313 g/mol. The van der Waals surface area contributed by atoms with Gasteiger partial charge in [-0.3, -0.25) is 10.1 Å². The Bertz CT molecular complexity index is 392. The van der Waals surface area contributed by atoms with Crippen LogP contribution in [0.4, 0.5) is 5.69 Å². The highest BCUT2D eigenvalue weighted by Gasteiger charge is 2.20. The Kier molecular flexibility index (Phi) is 3.86. The summed E-state index contributed by atoms with van der Waals surface area (Å²) in [5.74, 6) is 0.525. The Morgan fingerprint density at radius 1 is 1.60 bits per heavy atom. The number of nitro benzene ring substituents is 1. The first-order valence-electron chi connectivity index (χ1n) is 4.17. The fourth-order valence-corrected chi connectivity index (χ4v) is 1.88. The summed E-state index contributed by atoms with van der Waals surface area (Å²) in [6.45, 7) is 1.48. The van der Waals surface area contributed by atoms with Gasteiger partial charge in [0.05, 0.1) is 27.3 Å². The zero-order valence-corrected chi connectivity index (χ0v) is 10.4. The normalized spacial score (nSPS) is 12.3. The van der Waals surface area contributed by atoms with Crippen LogP contribution >= 0.6 is 22.6 Å². The Morgan fingerprint density at radius 2 is 2.20 bits per heavy atom. The molecule has 0 aliphatic carbocycles. The maximum atomic E-state index is 10.7. The molecule has 1 unspecified atom stereocenters. The molecule has 0 saturated carbocycles. The molecule has 1 atom stereocenters. The molecule has 0 aromatic heterocycles. The fourth-order valence-electron chi connectivity index (χ4n) is 1.21. The van der Waals surface area contributed by atoms with Crippen LogP contribution in [0.25, 0.3) is 0 Å². The predicted octanol–water partition coefficient (Wildman–Crippen LogP) is 2.26. The minimum absolute atomic E-state index is 0.0878. The third-order valence-electron chi connectivity index (χ3n) is 1.95. The molecule has 0 bridgehead atoms. The Hall–Kier alpha value is -0.890. The maximum absolute atomic E-state index is 10.7. The van der Waals surface area contributed by atoms with E-state index in [1.165, 1.54) is 26.2 Å². The van der Waals surface area contributed by atoms with Crippen molar-refractivity contribution in [3.8, 4) is 5.75 Å². The number of hydrogen-bond donors (Lipinski definition) is 1. The van der Waals surface area contributed by atoms with E-state index >= 15 is 0 Å². The first-order chi connectivity index (χ1) is 6.97. The van der Waals surface area contributed by atoms with Crippen molar-refractivity contribution in [2.75, 3.05) is 7.11 Å². The lowest BCUT2D eigenvalue weighted by atomic mass is 10.1. The van der Waals surface area contributed by atoms with Crippen LogP contribution in [0.1, 0.15) is 18.6 Å². The van der Waals surface area contributed by atoms with Gasteiger partial charge in [-0.2, -0.15) is 0 Å². The zero-order valence-electron chi connectivity index (χ0n) is 8.23. The number of hydrogen-bond acceptors (Lipinski definition) is 4. The predicted molar refractivity (Wildman–Crippen MR) is 63.0 cm³/mol. The van der Waals surface area contributed by atoms with Gasteiger partial charge in [-0.05, 0) is 35.6 Å². The molecule has 1 N–H and O–H groups in total. The van der Waals surface area contributed by atoms with Crippen LogP contribution in [0.3, 0.4) is 0 Å². The smallest absolute Gasteiger partial charge is 0.276 e. The molecule has 6 heteroatoms. The first kappa shape index (κ1) is 12.2. The van der Waals surface area contributed by atoms with Crippen LogP contribution in [0.15, 0.2) is 12.1 Å². The molecular formula is C9H10INO4. The Balaban J connectivity index is 3.38. The number of nitrogens with zero attached hydrogens (tertiary/aromatic N) is 1. The van der Waals surface area contributed by atoms with Crippen LogP contribution in [-0.4, -0.2) is 17.1 Å². The van der Waals surface area contributed by atoms with Gasteiger partial charge in [0.15, 0.2) is 0 Å². The molecule has 15 heavy (non-hydrogen) atoms. The van der Waals surface area contributed by atoms with E-state index < -0.39 is 11.0 Å². The van der Waals surface area contributed by atoms with E-state index in [4.69, 9.17) is 4.74 Å². The van der Waals surface area contributed by atoms with Gasteiger partial charge >= 0.3 is 0 Å². The molecule has 0 aliphatic rings. The number of methoxy groups -OCH3 is 1. The molecule has 1 aromatic rings. The molecule has 0 aliphatic heterocycles. The maximum Gasteiger partial charge on any atom is 0.276 e. The summed E-state index contributed by atoms with van der Waals surface area (Å²) in [7, 11) is 1.48. The number of rotatable bonds is 3. The van der Waals surface area contributed by atoms with E-state index in [1.807, 2.05) is 22.6 Å². The van der Waals surface area contributed by atoms with Gasteiger partial charge in [0.2, 0.25) is 0 Å². The summed E-state index contributed by atoms with van der Waals surface area (Å²) >= 11 is 1.95. The van der Waals surface area contributed by atoms with E-state index in [-0.39, 0.29) is 11.3 Å². The van der Waals surface area contributed by atoms with Gasteiger partial charge in [-0.25, -0.2) is 0 Å².